The van der Waals surface area contributed by atoms with Crippen molar-refractivity contribution in [1.29, 1.82) is 0 Å². The molecule has 0 radical (unpaired) electrons. The van der Waals surface area contributed by atoms with Gasteiger partial charge in [0.05, 0.1) is 39.9 Å². The lowest BCUT2D eigenvalue weighted by atomic mass is 10.0. The summed E-state index contributed by atoms with van der Waals surface area (Å²) < 4.78 is 23.4. The number of amides is 1. The van der Waals surface area contributed by atoms with Gasteiger partial charge in [-0.3, -0.25) is 13.8 Å². The fourth-order valence-electron chi connectivity index (χ4n) is 5.08. The Bertz CT molecular complexity index is 814. The summed E-state index contributed by atoms with van der Waals surface area (Å²) in [5.74, 6) is -0.191. The van der Waals surface area contributed by atoms with Crippen molar-refractivity contribution < 1.29 is 32.9 Å². The van der Waals surface area contributed by atoms with Gasteiger partial charge in [-0.15, -0.1) is 0 Å². The van der Waals surface area contributed by atoms with E-state index in [1.165, 1.54) is 83.5 Å². The molecule has 0 aliphatic carbocycles. The highest BCUT2D eigenvalue weighted by atomic mass is 31.2. The summed E-state index contributed by atoms with van der Waals surface area (Å²) in [5.41, 5.74) is 0. The second kappa shape index (κ2) is 30.1. The van der Waals surface area contributed by atoms with Crippen LogP contribution in [0.15, 0.2) is 24.3 Å². The Morgan fingerprint density at radius 3 is 1.74 bits per heavy atom. The van der Waals surface area contributed by atoms with Crippen LogP contribution < -0.4 is 5.32 Å². The predicted molar refractivity (Wildman–Crippen MR) is 194 cm³/mol. The zero-order valence-electron chi connectivity index (χ0n) is 30.6. The van der Waals surface area contributed by atoms with E-state index in [2.05, 4.69) is 31.3 Å². The van der Waals surface area contributed by atoms with Gasteiger partial charge in [-0.1, -0.05) is 134 Å². The minimum absolute atomic E-state index is 0.0604. The van der Waals surface area contributed by atoms with Gasteiger partial charge in [0.15, 0.2) is 0 Å². The maximum atomic E-state index is 12.7. The number of unbranched alkanes of at least 4 members (excludes halogenated alkanes) is 18. The highest BCUT2D eigenvalue weighted by molar-refractivity contribution is 7.47. The second-order valence-corrected chi connectivity index (χ2v) is 15.4. The van der Waals surface area contributed by atoms with Crippen molar-refractivity contribution in [1.82, 2.24) is 5.32 Å². The Balaban J connectivity index is 4.58. The molecule has 0 aliphatic heterocycles. The van der Waals surface area contributed by atoms with Gasteiger partial charge in [-0.05, 0) is 38.5 Å². The molecule has 0 heterocycles. The van der Waals surface area contributed by atoms with Crippen LogP contribution in [-0.4, -0.2) is 73.4 Å². The van der Waals surface area contributed by atoms with Crippen molar-refractivity contribution in [3.63, 3.8) is 0 Å². The molecule has 3 atom stereocenters. The Morgan fingerprint density at radius 1 is 0.717 bits per heavy atom. The molecule has 0 saturated heterocycles. The van der Waals surface area contributed by atoms with Gasteiger partial charge in [-0.25, -0.2) is 4.57 Å². The molecule has 0 saturated carbocycles. The van der Waals surface area contributed by atoms with Crippen molar-refractivity contribution in [2.75, 3.05) is 40.9 Å². The van der Waals surface area contributed by atoms with Gasteiger partial charge >= 0.3 is 7.82 Å². The Kier molecular flexibility index (Phi) is 29.4. The number of aliphatic hydroxyl groups is 1. The highest BCUT2D eigenvalue weighted by Crippen LogP contribution is 2.43. The number of carbonyl (C=O) groups excluding carboxylic acids is 1. The minimum atomic E-state index is -4.33. The predicted octanol–water partition coefficient (Wildman–Crippen LogP) is 9.41. The largest absolute Gasteiger partial charge is 0.472 e. The highest BCUT2D eigenvalue weighted by Gasteiger charge is 2.27. The number of aliphatic hydroxyl groups excluding tert-OH is 1. The van der Waals surface area contributed by atoms with E-state index in [-0.39, 0.29) is 19.1 Å². The Morgan fingerprint density at radius 2 is 1.20 bits per heavy atom. The van der Waals surface area contributed by atoms with E-state index in [1.54, 1.807) is 6.08 Å². The zero-order valence-corrected chi connectivity index (χ0v) is 31.5. The van der Waals surface area contributed by atoms with E-state index in [4.69, 9.17) is 9.05 Å². The van der Waals surface area contributed by atoms with Crippen LogP contribution in [-0.2, 0) is 18.4 Å². The van der Waals surface area contributed by atoms with Crippen molar-refractivity contribution >= 4 is 13.7 Å². The van der Waals surface area contributed by atoms with Crippen molar-refractivity contribution in [2.24, 2.45) is 0 Å². The van der Waals surface area contributed by atoms with E-state index < -0.39 is 20.0 Å². The third kappa shape index (κ3) is 31.6. The molecule has 0 spiro atoms. The molecule has 9 heteroatoms. The first kappa shape index (κ1) is 45.0. The van der Waals surface area contributed by atoms with Crippen LogP contribution in [0, 0.1) is 0 Å². The van der Waals surface area contributed by atoms with Gasteiger partial charge in [0, 0.05) is 6.42 Å². The standard InChI is InChI=1S/C37H73N2O6P/c1-6-8-10-12-14-16-18-19-21-22-24-26-28-30-36(40)35(34-45-46(42,43)44-33-32-39(3,4)5)38-37(41)31-29-27-25-23-20-17-15-13-11-9-7-2/h13,15,28,30,35-36,40H,6-12,14,16-27,29,31-34H2,1-5H3,(H-,38,41,42,43)/p+1/b15-13-,30-28+/t35-,36+/m0/s1. The smallest absolute Gasteiger partial charge is 0.387 e. The normalized spacial score (nSPS) is 15.0. The summed E-state index contributed by atoms with van der Waals surface area (Å²) >= 11 is 0. The van der Waals surface area contributed by atoms with Gasteiger partial charge in [-0.2, -0.15) is 0 Å². The number of hydrogen-bond donors (Lipinski definition) is 3. The van der Waals surface area contributed by atoms with E-state index in [1.807, 2.05) is 27.2 Å². The van der Waals surface area contributed by atoms with Crippen LogP contribution in [0.1, 0.15) is 155 Å². The first-order chi connectivity index (χ1) is 22.0. The van der Waals surface area contributed by atoms with Gasteiger partial charge in [0.1, 0.15) is 13.2 Å². The van der Waals surface area contributed by atoms with E-state index in [0.29, 0.717) is 17.4 Å². The summed E-state index contributed by atoms with van der Waals surface area (Å²) in [6.45, 7) is 4.74. The van der Waals surface area contributed by atoms with Crippen LogP contribution in [0.2, 0.25) is 0 Å². The Labute approximate surface area is 284 Å². The van der Waals surface area contributed by atoms with Crippen LogP contribution in [0.3, 0.4) is 0 Å². The summed E-state index contributed by atoms with van der Waals surface area (Å²) in [6.07, 6.45) is 32.3. The molecule has 1 unspecified atom stereocenters. The second-order valence-electron chi connectivity index (χ2n) is 13.9. The molecule has 46 heavy (non-hydrogen) atoms. The maximum Gasteiger partial charge on any atom is 0.472 e. The summed E-state index contributed by atoms with van der Waals surface area (Å²) in [5, 5.41) is 13.7. The summed E-state index contributed by atoms with van der Waals surface area (Å²) in [4.78, 5) is 22.9. The Hall–Kier alpha value is -1.02. The van der Waals surface area contributed by atoms with Crippen LogP contribution >= 0.6 is 7.82 Å². The average molecular weight is 674 g/mol. The third-order valence-corrected chi connectivity index (χ3v) is 9.15. The van der Waals surface area contributed by atoms with Gasteiger partial charge < -0.3 is 19.8 Å². The van der Waals surface area contributed by atoms with Crippen molar-refractivity contribution in [2.45, 2.75) is 167 Å². The van der Waals surface area contributed by atoms with Gasteiger partial charge in [0.25, 0.3) is 0 Å². The molecule has 0 aliphatic rings. The van der Waals surface area contributed by atoms with E-state index >= 15 is 0 Å². The number of carbonyl (C=O) groups is 1. The number of nitrogens with one attached hydrogen (secondary N) is 1. The molecule has 0 aromatic rings. The number of nitrogens with zero attached hydrogens (tertiary/aromatic N) is 1. The fourth-order valence-corrected chi connectivity index (χ4v) is 5.81. The monoisotopic (exact) mass is 674 g/mol. The molecule has 272 valence electrons. The number of hydrogen-bond acceptors (Lipinski definition) is 5. The number of allylic oxidation sites excluding steroid dienone is 3. The minimum Gasteiger partial charge on any atom is -0.387 e. The molecule has 0 fully saturated rings. The number of phosphoric acid groups is 1. The molecular weight excluding hydrogens is 599 g/mol. The molecule has 0 aromatic heterocycles. The molecule has 0 rings (SSSR count). The topological polar surface area (TPSA) is 105 Å². The molecule has 1 amide bonds. The molecule has 8 nitrogen and oxygen atoms in total. The number of phosphoric ester groups is 1. The molecular formula is C37H74N2O6P+. The lowest BCUT2D eigenvalue weighted by Gasteiger charge is -2.25. The van der Waals surface area contributed by atoms with Crippen LogP contribution in [0.5, 0.6) is 0 Å². The van der Waals surface area contributed by atoms with Crippen LogP contribution in [0.25, 0.3) is 0 Å². The average Bonchev–Trinajstić information content (AvgIpc) is 2.99. The van der Waals surface area contributed by atoms with E-state index in [0.717, 1.165) is 51.4 Å². The molecule has 0 aromatic carbocycles. The van der Waals surface area contributed by atoms with Crippen molar-refractivity contribution in [3.05, 3.63) is 24.3 Å². The fraction of sp³-hybridized carbons (Fsp3) is 0.865. The lowest BCUT2D eigenvalue weighted by molar-refractivity contribution is -0.870. The number of rotatable bonds is 33. The first-order valence-corrected chi connectivity index (χ1v) is 20.2. The zero-order chi connectivity index (χ0) is 34.4. The molecule has 0 bridgehead atoms. The SMILES string of the molecule is CCCC/C=C\CCCCCCCC(=O)N[C@@H](COP(=O)(O)OCC[N+](C)(C)C)[C@H](O)/C=C/CCCCCCCCCCCCC. The molecule has 3 N–H and O–H groups in total. The van der Waals surface area contributed by atoms with Crippen molar-refractivity contribution in [3.8, 4) is 0 Å². The summed E-state index contributed by atoms with van der Waals surface area (Å²) in [6, 6.07) is -0.844. The number of likely N-dealkylation sites (N-methyl/N-ethyl adjacent to an activating group) is 1. The maximum absolute atomic E-state index is 12.7. The number of quaternary nitrogens is 1. The summed E-state index contributed by atoms with van der Waals surface area (Å²) in [7, 11) is 1.56. The van der Waals surface area contributed by atoms with Gasteiger partial charge in [0.2, 0.25) is 5.91 Å². The first-order valence-electron chi connectivity index (χ1n) is 18.7. The quantitative estimate of drug-likeness (QED) is 0.0278. The lowest BCUT2D eigenvalue weighted by Crippen LogP contribution is -2.45. The van der Waals surface area contributed by atoms with E-state index in [9.17, 15) is 19.4 Å². The third-order valence-electron chi connectivity index (χ3n) is 8.17. The van der Waals surface area contributed by atoms with Crippen LogP contribution in [0.4, 0.5) is 0 Å².